The van der Waals surface area contributed by atoms with Gasteiger partial charge in [0.15, 0.2) is 11.4 Å². The van der Waals surface area contributed by atoms with E-state index in [-0.39, 0.29) is 12.2 Å². The van der Waals surface area contributed by atoms with E-state index >= 15 is 0 Å². The van der Waals surface area contributed by atoms with E-state index in [0.717, 1.165) is 27.1 Å². The van der Waals surface area contributed by atoms with Crippen molar-refractivity contribution >= 4 is 38.9 Å². The zero-order valence-corrected chi connectivity index (χ0v) is 19.0. The van der Waals surface area contributed by atoms with Crippen molar-refractivity contribution in [3.63, 3.8) is 0 Å². The van der Waals surface area contributed by atoms with Crippen molar-refractivity contribution in [1.82, 2.24) is 0 Å². The molecule has 0 bridgehead atoms. The highest BCUT2D eigenvalue weighted by Gasteiger charge is 2.50. The molecule has 1 N–H and O–H groups in total. The average Bonchev–Trinajstić information content (AvgIpc) is 3.10. The number of carbonyl (C=O) groups is 2. The summed E-state index contributed by atoms with van der Waals surface area (Å²) in [6.45, 7) is 0.308. The highest BCUT2D eigenvalue weighted by Crippen LogP contribution is 2.44. The van der Waals surface area contributed by atoms with Crippen molar-refractivity contribution < 1.29 is 14.7 Å². The molecule has 170 valence electrons. The van der Waals surface area contributed by atoms with Crippen LogP contribution in [0.1, 0.15) is 27.9 Å². The predicted octanol–water partition coefficient (Wildman–Crippen LogP) is 6.00. The van der Waals surface area contributed by atoms with E-state index in [1.165, 1.54) is 0 Å². The minimum Gasteiger partial charge on any atom is -0.375 e. The standard InChI is InChI=1S/C31H23NO3/c33-29(26-16-8-12-22-10-2-4-15-25(22)26)19-31(35)27-17-5-6-18-28(27)32(30(31)34)20-23-13-7-11-21-9-1-3-14-24(21)23/h1-18,35H,19-20H2/t31-/m0/s1. The van der Waals surface area contributed by atoms with Gasteiger partial charge in [0, 0.05) is 11.1 Å². The number of anilines is 1. The number of carbonyl (C=O) groups excluding carboxylic acids is 2. The molecule has 35 heavy (non-hydrogen) atoms. The maximum absolute atomic E-state index is 13.8. The van der Waals surface area contributed by atoms with Crippen LogP contribution in [0.3, 0.4) is 0 Å². The van der Waals surface area contributed by atoms with Gasteiger partial charge in [0.2, 0.25) is 0 Å². The molecule has 1 aliphatic heterocycles. The first-order valence-electron chi connectivity index (χ1n) is 11.7. The monoisotopic (exact) mass is 457 g/mol. The third-order valence-corrected chi connectivity index (χ3v) is 6.95. The molecule has 0 radical (unpaired) electrons. The van der Waals surface area contributed by atoms with Crippen molar-refractivity contribution in [3.8, 4) is 0 Å². The Morgan fingerprint density at radius 2 is 1.31 bits per heavy atom. The number of nitrogens with zero attached hydrogens (tertiary/aromatic N) is 1. The van der Waals surface area contributed by atoms with Crippen LogP contribution in [-0.2, 0) is 16.9 Å². The number of hydrogen-bond donors (Lipinski definition) is 1. The summed E-state index contributed by atoms with van der Waals surface area (Å²) in [5, 5.41) is 15.7. The Labute approximate surface area is 203 Å². The van der Waals surface area contributed by atoms with Gasteiger partial charge < -0.3 is 10.0 Å². The first-order chi connectivity index (χ1) is 17.1. The molecule has 1 amide bonds. The van der Waals surface area contributed by atoms with E-state index in [9.17, 15) is 14.7 Å². The maximum atomic E-state index is 13.8. The highest BCUT2D eigenvalue weighted by atomic mass is 16.3. The van der Waals surface area contributed by atoms with E-state index in [1.807, 2.05) is 91.0 Å². The fourth-order valence-electron chi connectivity index (χ4n) is 5.23. The van der Waals surface area contributed by atoms with Crippen molar-refractivity contribution in [2.45, 2.75) is 18.6 Å². The van der Waals surface area contributed by atoms with Crippen molar-refractivity contribution in [3.05, 3.63) is 126 Å². The number of hydrogen-bond acceptors (Lipinski definition) is 3. The van der Waals surface area contributed by atoms with Crippen molar-refractivity contribution in [2.75, 3.05) is 4.90 Å². The molecule has 0 saturated heterocycles. The van der Waals surface area contributed by atoms with Crippen LogP contribution >= 0.6 is 0 Å². The quantitative estimate of drug-likeness (QED) is 0.329. The molecule has 6 rings (SSSR count). The number of aliphatic hydroxyl groups is 1. The molecule has 0 saturated carbocycles. The predicted molar refractivity (Wildman–Crippen MR) is 138 cm³/mol. The smallest absolute Gasteiger partial charge is 0.264 e. The van der Waals surface area contributed by atoms with E-state index < -0.39 is 11.5 Å². The molecule has 1 aliphatic rings. The fourth-order valence-corrected chi connectivity index (χ4v) is 5.23. The van der Waals surface area contributed by atoms with Gasteiger partial charge in [-0.05, 0) is 33.2 Å². The summed E-state index contributed by atoms with van der Waals surface area (Å²) in [6.07, 6.45) is -0.317. The molecule has 5 aromatic carbocycles. The Balaban J connectivity index is 1.39. The van der Waals surface area contributed by atoms with Crippen LogP contribution in [0, 0.1) is 0 Å². The van der Waals surface area contributed by atoms with Gasteiger partial charge >= 0.3 is 0 Å². The Morgan fingerprint density at radius 1 is 0.714 bits per heavy atom. The third kappa shape index (κ3) is 3.42. The van der Waals surface area contributed by atoms with E-state index in [0.29, 0.717) is 23.4 Å². The van der Waals surface area contributed by atoms with Crippen molar-refractivity contribution in [2.24, 2.45) is 0 Å². The zero-order valence-electron chi connectivity index (χ0n) is 19.0. The first-order valence-corrected chi connectivity index (χ1v) is 11.7. The Morgan fingerprint density at radius 3 is 2.11 bits per heavy atom. The topological polar surface area (TPSA) is 57.6 Å². The number of rotatable bonds is 5. The van der Waals surface area contributed by atoms with Crippen LogP contribution in [-0.4, -0.2) is 16.8 Å². The van der Waals surface area contributed by atoms with Gasteiger partial charge in [-0.3, -0.25) is 9.59 Å². The molecule has 0 unspecified atom stereocenters. The minimum atomic E-state index is -1.92. The minimum absolute atomic E-state index is 0.264. The average molecular weight is 458 g/mol. The molecule has 1 heterocycles. The number of ketones is 1. The van der Waals surface area contributed by atoms with Crippen LogP contribution in [0.5, 0.6) is 0 Å². The van der Waals surface area contributed by atoms with Crippen LogP contribution in [0.15, 0.2) is 109 Å². The molecule has 0 aliphatic carbocycles. The molecule has 0 spiro atoms. The molecule has 0 fully saturated rings. The van der Waals surface area contributed by atoms with Gasteiger partial charge in [-0.2, -0.15) is 0 Å². The number of benzene rings is 5. The molecular weight excluding hydrogens is 434 g/mol. The van der Waals surface area contributed by atoms with Gasteiger partial charge in [0.1, 0.15) is 0 Å². The van der Waals surface area contributed by atoms with Crippen molar-refractivity contribution in [1.29, 1.82) is 0 Å². The maximum Gasteiger partial charge on any atom is 0.264 e. The van der Waals surface area contributed by atoms with Gasteiger partial charge in [0.05, 0.1) is 18.7 Å². The summed E-state index contributed by atoms with van der Waals surface area (Å²) >= 11 is 0. The Hall–Kier alpha value is -4.28. The normalized spacial score (nSPS) is 17.2. The third-order valence-electron chi connectivity index (χ3n) is 6.95. The lowest BCUT2D eigenvalue weighted by Crippen LogP contribution is -2.41. The summed E-state index contributed by atoms with van der Waals surface area (Å²) in [7, 11) is 0. The summed E-state index contributed by atoms with van der Waals surface area (Å²) in [4.78, 5) is 28.9. The van der Waals surface area contributed by atoms with Gasteiger partial charge in [0.25, 0.3) is 5.91 Å². The van der Waals surface area contributed by atoms with Gasteiger partial charge in [-0.15, -0.1) is 0 Å². The molecule has 0 aromatic heterocycles. The molecule has 5 aromatic rings. The zero-order chi connectivity index (χ0) is 24.0. The first kappa shape index (κ1) is 21.3. The Bertz CT molecular complexity index is 1610. The summed E-state index contributed by atoms with van der Waals surface area (Å²) in [5.74, 6) is -0.736. The lowest BCUT2D eigenvalue weighted by Gasteiger charge is -2.23. The number of Topliss-reactive ketones (excluding diaryl/α,β-unsaturated/α-hetero) is 1. The molecule has 4 heteroatoms. The van der Waals surface area contributed by atoms with Crippen LogP contribution < -0.4 is 4.90 Å². The second kappa shape index (κ2) is 8.19. The number of para-hydroxylation sites is 1. The van der Waals surface area contributed by atoms with Gasteiger partial charge in [-0.1, -0.05) is 103 Å². The summed E-state index contributed by atoms with van der Waals surface area (Å²) < 4.78 is 0. The highest BCUT2D eigenvalue weighted by molar-refractivity contribution is 6.14. The van der Waals surface area contributed by atoms with Gasteiger partial charge in [-0.25, -0.2) is 0 Å². The van der Waals surface area contributed by atoms with Crippen LogP contribution in [0.25, 0.3) is 21.5 Å². The lowest BCUT2D eigenvalue weighted by molar-refractivity contribution is -0.136. The van der Waals surface area contributed by atoms with E-state index in [2.05, 4.69) is 0 Å². The van der Waals surface area contributed by atoms with E-state index in [4.69, 9.17) is 0 Å². The molecular formula is C31H23NO3. The SMILES string of the molecule is O=C(C[C@@]1(O)C(=O)N(Cc2cccc3ccccc23)c2ccccc21)c1cccc2ccccc12. The van der Waals surface area contributed by atoms with Crippen LogP contribution in [0.2, 0.25) is 0 Å². The molecule has 1 atom stereocenters. The van der Waals surface area contributed by atoms with E-state index in [1.54, 1.807) is 23.1 Å². The largest absolute Gasteiger partial charge is 0.375 e. The summed E-state index contributed by atoms with van der Waals surface area (Å²) in [5.41, 5.74) is 0.678. The second-order valence-electron chi connectivity index (χ2n) is 9.03. The number of amides is 1. The summed E-state index contributed by atoms with van der Waals surface area (Å²) in [6, 6.07) is 34.4. The van der Waals surface area contributed by atoms with Crippen LogP contribution in [0.4, 0.5) is 5.69 Å². The molecule has 4 nitrogen and oxygen atoms in total. The fraction of sp³-hybridized carbons (Fsp3) is 0.0968. The lowest BCUT2D eigenvalue weighted by atomic mass is 9.87. The second-order valence-corrected chi connectivity index (χ2v) is 9.03. The number of fused-ring (bicyclic) bond motifs is 3. The Kier molecular flexibility index (Phi) is 4.97.